The molecule has 0 bridgehead atoms. The Hall–Kier alpha value is -2.29. The summed E-state index contributed by atoms with van der Waals surface area (Å²) in [6.45, 7) is 7.22. The van der Waals surface area contributed by atoms with Crippen LogP contribution in [0.5, 0.6) is 0 Å². The van der Waals surface area contributed by atoms with Crippen molar-refractivity contribution in [1.82, 2.24) is 29.7 Å². The number of hydrogen-bond donors (Lipinski definition) is 3. The molecule has 20 heavy (non-hydrogen) atoms. The van der Waals surface area contributed by atoms with Gasteiger partial charge in [-0.1, -0.05) is 20.8 Å². The van der Waals surface area contributed by atoms with Gasteiger partial charge in [0.25, 0.3) is 5.95 Å². The fraction of sp³-hybridized carbons (Fsp3) is 0.545. The number of nitrogen functional groups attached to an aromatic ring is 1. The van der Waals surface area contributed by atoms with Crippen molar-refractivity contribution in [2.24, 2.45) is 11.3 Å². The van der Waals surface area contributed by atoms with E-state index in [1.54, 1.807) is 0 Å². The number of hydrazine groups is 1. The monoisotopic (exact) mass is 277 g/mol. The zero-order valence-electron chi connectivity index (χ0n) is 11.8. The first-order chi connectivity index (χ1) is 9.54. The highest BCUT2D eigenvalue weighted by molar-refractivity contribution is 5.36. The van der Waals surface area contributed by atoms with Crippen LogP contribution in [0.1, 0.15) is 27.2 Å². The van der Waals surface area contributed by atoms with Crippen molar-refractivity contribution in [2.75, 3.05) is 17.3 Å². The predicted octanol–water partition coefficient (Wildman–Crippen LogP) is 0.586. The topological polar surface area (TPSA) is 119 Å². The van der Waals surface area contributed by atoms with Gasteiger partial charge in [-0.15, -0.1) is 0 Å². The van der Waals surface area contributed by atoms with Gasteiger partial charge in [0.1, 0.15) is 12.7 Å². The van der Waals surface area contributed by atoms with E-state index in [9.17, 15) is 0 Å². The van der Waals surface area contributed by atoms with Gasteiger partial charge >= 0.3 is 0 Å². The Bertz CT molecular complexity index is 549. The molecule has 0 aliphatic rings. The lowest BCUT2D eigenvalue weighted by Gasteiger charge is -2.22. The SMILES string of the molecule is CCC(C)(C)CNc1nc(NN)nc(-n2cncn2)n1. The maximum Gasteiger partial charge on any atom is 0.258 e. The number of hydrogen-bond acceptors (Lipinski definition) is 8. The number of nitrogens with one attached hydrogen (secondary N) is 2. The highest BCUT2D eigenvalue weighted by atomic mass is 15.4. The minimum absolute atomic E-state index is 0.149. The van der Waals surface area contributed by atoms with Gasteiger partial charge < -0.3 is 5.32 Å². The summed E-state index contributed by atoms with van der Waals surface area (Å²) in [5.41, 5.74) is 2.57. The molecule has 0 saturated heterocycles. The summed E-state index contributed by atoms with van der Waals surface area (Å²) in [6.07, 6.45) is 3.96. The van der Waals surface area contributed by atoms with Crippen molar-refractivity contribution >= 4 is 11.9 Å². The average Bonchev–Trinajstić information content (AvgIpc) is 2.99. The summed E-state index contributed by atoms with van der Waals surface area (Å²) in [5, 5.41) is 7.18. The highest BCUT2D eigenvalue weighted by Gasteiger charge is 2.16. The van der Waals surface area contributed by atoms with Crippen LogP contribution < -0.4 is 16.6 Å². The van der Waals surface area contributed by atoms with Gasteiger partial charge in [0.2, 0.25) is 11.9 Å². The summed E-state index contributed by atoms with van der Waals surface area (Å²) < 4.78 is 1.44. The van der Waals surface area contributed by atoms with Crippen LogP contribution in [0.25, 0.3) is 5.95 Å². The molecule has 108 valence electrons. The molecule has 2 heterocycles. The smallest absolute Gasteiger partial charge is 0.258 e. The first-order valence-electron chi connectivity index (χ1n) is 6.35. The van der Waals surface area contributed by atoms with Crippen LogP contribution >= 0.6 is 0 Å². The number of nitrogens with two attached hydrogens (primary N) is 1. The summed E-state index contributed by atoms with van der Waals surface area (Å²) in [4.78, 5) is 16.4. The number of aromatic nitrogens is 6. The molecule has 0 spiro atoms. The van der Waals surface area contributed by atoms with Crippen LogP contribution in [0.3, 0.4) is 0 Å². The van der Waals surface area contributed by atoms with Gasteiger partial charge in [-0.05, 0) is 11.8 Å². The molecule has 0 radical (unpaired) electrons. The van der Waals surface area contributed by atoms with Crippen molar-refractivity contribution in [3.63, 3.8) is 0 Å². The second kappa shape index (κ2) is 5.78. The van der Waals surface area contributed by atoms with E-state index in [2.05, 4.69) is 56.5 Å². The van der Waals surface area contributed by atoms with Gasteiger partial charge in [-0.25, -0.2) is 10.8 Å². The van der Waals surface area contributed by atoms with E-state index in [1.165, 1.54) is 17.3 Å². The van der Waals surface area contributed by atoms with Gasteiger partial charge in [-0.3, -0.25) is 5.43 Å². The zero-order valence-corrected chi connectivity index (χ0v) is 11.8. The Labute approximate surface area is 117 Å². The Kier molecular flexibility index (Phi) is 4.08. The molecule has 2 aromatic heterocycles. The van der Waals surface area contributed by atoms with Crippen LogP contribution in [0, 0.1) is 5.41 Å². The predicted molar refractivity (Wildman–Crippen MR) is 75.1 cm³/mol. The molecule has 9 nitrogen and oxygen atoms in total. The number of anilines is 2. The molecule has 0 fully saturated rings. The minimum Gasteiger partial charge on any atom is -0.353 e. The van der Waals surface area contributed by atoms with E-state index in [-0.39, 0.29) is 11.4 Å². The second-order valence-electron chi connectivity index (χ2n) is 5.14. The molecule has 4 N–H and O–H groups in total. The van der Waals surface area contributed by atoms with Gasteiger partial charge in [-0.2, -0.15) is 24.7 Å². The van der Waals surface area contributed by atoms with Crippen LogP contribution in [0.2, 0.25) is 0 Å². The molecule has 2 rings (SSSR count). The molecule has 0 aliphatic heterocycles. The van der Waals surface area contributed by atoms with Gasteiger partial charge in [0, 0.05) is 6.54 Å². The molecule has 0 aromatic carbocycles. The fourth-order valence-corrected chi connectivity index (χ4v) is 1.37. The maximum absolute atomic E-state index is 5.37. The third kappa shape index (κ3) is 3.38. The van der Waals surface area contributed by atoms with E-state index in [0.717, 1.165) is 13.0 Å². The summed E-state index contributed by atoms with van der Waals surface area (Å²) >= 11 is 0. The fourth-order valence-electron chi connectivity index (χ4n) is 1.37. The third-order valence-corrected chi connectivity index (χ3v) is 3.06. The van der Waals surface area contributed by atoms with Crippen molar-refractivity contribution < 1.29 is 0 Å². The molecule has 0 saturated carbocycles. The van der Waals surface area contributed by atoms with Gasteiger partial charge in [0.15, 0.2) is 0 Å². The average molecular weight is 277 g/mol. The molecular weight excluding hydrogens is 258 g/mol. The Morgan fingerprint density at radius 2 is 2.00 bits per heavy atom. The molecular formula is C11H19N9. The van der Waals surface area contributed by atoms with Crippen LogP contribution in [-0.2, 0) is 0 Å². The molecule has 2 aromatic rings. The van der Waals surface area contributed by atoms with Crippen LogP contribution in [0.15, 0.2) is 12.7 Å². The largest absolute Gasteiger partial charge is 0.353 e. The molecule has 9 heteroatoms. The lowest BCUT2D eigenvalue weighted by molar-refractivity contribution is 0.376. The molecule has 0 aliphatic carbocycles. The second-order valence-corrected chi connectivity index (χ2v) is 5.14. The van der Waals surface area contributed by atoms with Crippen LogP contribution in [-0.4, -0.2) is 36.3 Å². The zero-order chi connectivity index (χ0) is 14.6. The highest BCUT2D eigenvalue weighted by Crippen LogP contribution is 2.19. The van der Waals surface area contributed by atoms with E-state index in [0.29, 0.717) is 11.9 Å². The Morgan fingerprint density at radius 3 is 2.60 bits per heavy atom. The lowest BCUT2D eigenvalue weighted by Crippen LogP contribution is -2.24. The Morgan fingerprint density at radius 1 is 1.25 bits per heavy atom. The minimum atomic E-state index is 0.149. The number of rotatable bonds is 6. The number of nitrogens with zero attached hydrogens (tertiary/aromatic N) is 6. The Balaban J connectivity index is 2.23. The summed E-state index contributed by atoms with van der Waals surface area (Å²) in [5.74, 6) is 6.43. The molecule has 0 unspecified atom stereocenters. The molecule has 0 atom stereocenters. The van der Waals surface area contributed by atoms with E-state index in [4.69, 9.17) is 5.84 Å². The van der Waals surface area contributed by atoms with E-state index in [1.807, 2.05) is 0 Å². The first kappa shape index (κ1) is 14.1. The standard InChI is InChI=1S/C11H19N9/c1-4-11(2,3)5-14-8-16-9(19-12)18-10(17-8)20-7-13-6-15-20/h6-7H,4-5,12H2,1-3H3,(H2,14,16,17,18,19). The van der Waals surface area contributed by atoms with E-state index >= 15 is 0 Å². The van der Waals surface area contributed by atoms with E-state index < -0.39 is 0 Å². The summed E-state index contributed by atoms with van der Waals surface area (Å²) in [7, 11) is 0. The maximum atomic E-state index is 5.37. The van der Waals surface area contributed by atoms with Crippen molar-refractivity contribution in [3.05, 3.63) is 12.7 Å². The summed E-state index contributed by atoms with van der Waals surface area (Å²) in [6, 6.07) is 0. The van der Waals surface area contributed by atoms with Gasteiger partial charge in [0.05, 0.1) is 0 Å². The quantitative estimate of drug-likeness (QED) is 0.518. The van der Waals surface area contributed by atoms with Crippen molar-refractivity contribution in [1.29, 1.82) is 0 Å². The van der Waals surface area contributed by atoms with Crippen molar-refractivity contribution in [2.45, 2.75) is 27.2 Å². The lowest BCUT2D eigenvalue weighted by atomic mass is 9.90. The normalized spacial score (nSPS) is 11.4. The third-order valence-electron chi connectivity index (χ3n) is 3.06. The molecule has 0 amide bonds. The van der Waals surface area contributed by atoms with Crippen LogP contribution in [0.4, 0.5) is 11.9 Å². The van der Waals surface area contributed by atoms with Crippen molar-refractivity contribution in [3.8, 4) is 5.95 Å². The first-order valence-corrected chi connectivity index (χ1v) is 6.35.